The van der Waals surface area contributed by atoms with Gasteiger partial charge in [0, 0.05) is 31.5 Å². The van der Waals surface area contributed by atoms with E-state index in [1.807, 2.05) is 6.20 Å². The molecule has 4 heteroatoms. The minimum atomic E-state index is 0.792. The van der Waals surface area contributed by atoms with E-state index in [1.165, 1.54) is 25.7 Å². The predicted octanol–water partition coefficient (Wildman–Crippen LogP) is 1.78. The fourth-order valence-electron chi connectivity index (χ4n) is 2.92. The second-order valence-corrected chi connectivity index (χ2v) is 5.28. The highest BCUT2D eigenvalue weighted by Gasteiger charge is 2.21. The lowest BCUT2D eigenvalue weighted by Crippen LogP contribution is -2.37. The van der Waals surface area contributed by atoms with Gasteiger partial charge in [-0.2, -0.15) is 0 Å². The zero-order chi connectivity index (χ0) is 12.8. The first kappa shape index (κ1) is 13.6. The molecule has 0 unspecified atom stereocenters. The highest BCUT2D eigenvalue weighted by molar-refractivity contribution is 4.89. The number of aryl methyl sites for hydroxylation is 1. The van der Waals surface area contributed by atoms with E-state index < -0.39 is 0 Å². The maximum absolute atomic E-state index is 5.65. The first-order valence-electron chi connectivity index (χ1n) is 7.23. The van der Waals surface area contributed by atoms with Gasteiger partial charge in [0.1, 0.15) is 5.82 Å². The van der Waals surface area contributed by atoms with E-state index in [-0.39, 0.29) is 0 Å². The Bertz CT molecular complexity index is 341. The molecule has 4 nitrogen and oxygen atoms in total. The Balaban J connectivity index is 1.86. The van der Waals surface area contributed by atoms with Gasteiger partial charge in [-0.25, -0.2) is 4.98 Å². The topological polar surface area (TPSA) is 47.1 Å². The Hall–Kier alpha value is -0.870. The number of nitrogens with zero attached hydrogens (tertiary/aromatic N) is 3. The van der Waals surface area contributed by atoms with Crippen LogP contribution in [0.25, 0.3) is 0 Å². The highest BCUT2D eigenvalue weighted by Crippen LogP contribution is 2.23. The second kappa shape index (κ2) is 6.90. The number of rotatable bonds is 7. The number of aromatic nitrogens is 2. The zero-order valence-corrected chi connectivity index (χ0v) is 11.5. The van der Waals surface area contributed by atoms with Gasteiger partial charge in [0.15, 0.2) is 0 Å². The third kappa shape index (κ3) is 3.56. The third-order valence-corrected chi connectivity index (χ3v) is 4.04. The van der Waals surface area contributed by atoms with Crippen molar-refractivity contribution in [2.45, 2.75) is 51.6 Å². The summed E-state index contributed by atoms with van der Waals surface area (Å²) < 4.78 is 2.24. The van der Waals surface area contributed by atoms with Gasteiger partial charge in [0.05, 0.1) is 0 Å². The second-order valence-electron chi connectivity index (χ2n) is 5.28. The van der Waals surface area contributed by atoms with Crippen molar-refractivity contribution in [3.63, 3.8) is 0 Å². The Morgan fingerprint density at radius 3 is 2.78 bits per heavy atom. The van der Waals surface area contributed by atoms with Crippen molar-refractivity contribution in [2.75, 3.05) is 19.6 Å². The van der Waals surface area contributed by atoms with Crippen LogP contribution >= 0.6 is 0 Å². The molecular weight excluding hydrogens is 224 g/mol. The van der Waals surface area contributed by atoms with Crippen LogP contribution in [0.4, 0.5) is 0 Å². The molecule has 1 aromatic heterocycles. The summed E-state index contributed by atoms with van der Waals surface area (Å²) in [5.41, 5.74) is 5.65. The minimum absolute atomic E-state index is 0.792. The van der Waals surface area contributed by atoms with Gasteiger partial charge in [-0.05, 0) is 39.3 Å². The van der Waals surface area contributed by atoms with E-state index in [1.54, 1.807) is 0 Å². The fraction of sp³-hybridized carbons (Fsp3) is 0.786. The molecule has 18 heavy (non-hydrogen) atoms. The molecule has 102 valence electrons. The van der Waals surface area contributed by atoms with Crippen LogP contribution in [0.3, 0.4) is 0 Å². The largest absolute Gasteiger partial charge is 0.334 e. The first-order valence-corrected chi connectivity index (χ1v) is 7.23. The van der Waals surface area contributed by atoms with E-state index in [9.17, 15) is 0 Å². The van der Waals surface area contributed by atoms with Gasteiger partial charge >= 0.3 is 0 Å². The van der Waals surface area contributed by atoms with Gasteiger partial charge < -0.3 is 10.3 Å². The number of nitrogens with two attached hydrogens (primary N) is 1. The SMILES string of the molecule is Cc1nccn1CCN(CCCN)C1CCCC1. The maximum atomic E-state index is 5.65. The van der Waals surface area contributed by atoms with E-state index in [2.05, 4.69) is 27.6 Å². The maximum Gasteiger partial charge on any atom is 0.105 e. The van der Waals surface area contributed by atoms with Crippen molar-refractivity contribution in [3.8, 4) is 0 Å². The minimum Gasteiger partial charge on any atom is -0.334 e. The first-order chi connectivity index (χ1) is 8.81. The van der Waals surface area contributed by atoms with Gasteiger partial charge in [-0.15, -0.1) is 0 Å². The summed E-state index contributed by atoms with van der Waals surface area (Å²) >= 11 is 0. The quantitative estimate of drug-likeness (QED) is 0.802. The van der Waals surface area contributed by atoms with Crippen LogP contribution < -0.4 is 5.73 Å². The fourth-order valence-corrected chi connectivity index (χ4v) is 2.92. The predicted molar refractivity (Wildman–Crippen MR) is 74.5 cm³/mol. The molecule has 0 amide bonds. The highest BCUT2D eigenvalue weighted by atomic mass is 15.2. The summed E-state index contributed by atoms with van der Waals surface area (Å²) in [6.07, 6.45) is 10.6. The third-order valence-electron chi connectivity index (χ3n) is 4.04. The van der Waals surface area contributed by atoms with Crippen LogP contribution in [0.15, 0.2) is 12.4 Å². The number of imidazole rings is 1. The molecule has 1 aromatic rings. The van der Waals surface area contributed by atoms with Gasteiger partial charge in [0.25, 0.3) is 0 Å². The van der Waals surface area contributed by atoms with Gasteiger partial charge in [0.2, 0.25) is 0 Å². The summed E-state index contributed by atoms with van der Waals surface area (Å²) in [4.78, 5) is 6.92. The molecule has 2 rings (SSSR count). The average Bonchev–Trinajstić information content (AvgIpc) is 3.01. The normalized spacial score (nSPS) is 16.8. The van der Waals surface area contributed by atoms with Crippen LogP contribution in [-0.2, 0) is 6.54 Å². The lowest BCUT2D eigenvalue weighted by Gasteiger charge is -2.29. The average molecular weight is 250 g/mol. The molecule has 0 bridgehead atoms. The van der Waals surface area contributed by atoms with Crippen molar-refractivity contribution in [1.82, 2.24) is 14.5 Å². The van der Waals surface area contributed by atoms with Crippen LogP contribution in [0.2, 0.25) is 0 Å². The summed E-state index contributed by atoms with van der Waals surface area (Å²) in [6, 6.07) is 0.792. The number of hydrogen-bond donors (Lipinski definition) is 1. The molecular formula is C14H26N4. The molecule has 0 saturated heterocycles. The van der Waals surface area contributed by atoms with Crippen molar-refractivity contribution < 1.29 is 0 Å². The van der Waals surface area contributed by atoms with Gasteiger partial charge in [-0.1, -0.05) is 12.8 Å². The molecule has 0 aromatic carbocycles. The zero-order valence-electron chi connectivity index (χ0n) is 11.5. The molecule has 0 spiro atoms. The van der Waals surface area contributed by atoms with Crippen LogP contribution in [-0.4, -0.2) is 40.1 Å². The van der Waals surface area contributed by atoms with Crippen molar-refractivity contribution in [2.24, 2.45) is 5.73 Å². The molecule has 1 heterocycles. The smallest absolute Gasteiger partial charge is 0.105 e. The molecule has 1 aliphatic carbocycles. The Labute approximate surface area is 110 Å². The van der Waals surface area contributed by atoms with Crippen molar-refractivity contribution >= 4 is 0 Å². The summed E-state index contributed by atoms with van der Waals surface area (Å²) in [6.45, 7) is 6.19. The summed E-state index contributed by atoms with van der Waals surface area (Å²) in [5.74, 6) is 1.11. The van der Waals surface area contributed by atoms with Crippen molar-refractivity contribution in [3.05, 3.63) is 18.2 Å². The molecule has 0 radical (unpaired) electrons. The lowest BCUT2D eigenvalue weighted by molar-refractivity contribution is 0.189. The van der Waals surface area contributed by atoms with E-state index in [4.69, 9.17) is 5.73 Å². The Morgan fingerprint density at radius 2 is 2.17 bits per heavy atom. The van der Waals surface area contributed by atoms with E-state index in [0.717, 1.165) is 44.5 Å². The van der Waals surface area contributed by atoms with Gasteiger partial charge in [-0.3, -0.25) is 4.90 Å². The number of hydrogen-bond acceptors (Lipinski definition) is 3. The molecule has 1 fully saturated rings. The van der Waals surface area contributed by atoms with Crippen molar-refractivity contribution in [1.29, 1.82) is 0 Å². The Morgan fingerprint density at radius 1 is 1.39 bits per heavy atom. The summed E-state index contributed by atoms with van der Waals surface area (Å²) in [7, 11) is 0. The summed E-state index contributed by atoms with van der Waals surface area (Å²) in [5, 5.41) is 0. The van der Waals surface area contributed by atoms with E-state index in [0.29, 0.717) is 0 Å². The molecule has 1 saturated carbocycles. The molecule has 0 atom stereocenters. The lowest BCUT2D eigenvalue weighted by atomic mass is 10.2. The van der Waals surface area contributed by atoms with Crippen LogP contribution in [0.5, 0.6) is 0 Å². The Kier molecular flexibility index (Phi) is 5.20. The molecule has 1 aliphatic rings. The molecule has 2 N–H and O–H groups in total. The molecule has 0 aliphatic heterocycles. The monoisotopic (exact) mass is 250 g/mol. The van der Waals surface area contributed by atoms with Crippen LogP contribution in [0, 0.1) is 6.92 Å². The van der Waals surface area contributed by atoms with E-state index >= 15 is 0 Å². The standard InChI is InChI=1S/C14H26N4/c1-13-16-8-10-17(13)11-12-18(9-4-7-15)14-5-2-3-6-14/h8,10,14H,2-7,9,11-12,15H2,1H3. The van der Waals surface area contributed by atoms with Crippen LogP contribution in [0.1, 0.15) is 37.9 Å².